The predicted molar refractivity (Wildman–Crippen MR) is 123 cm³/mol. The summed E-state index contributed by atoms with van der Waals surface area (Å²) in [5.41, 5.74) is 2.19. The van der Waals surface area contributed by atoms with Gasteiger partial charge in [-0.05, 0) is 63.6 Å². The van der Waals surface area contributed by atoms with Crippen molar-refractivity contribution in [2.75, 3.05) is 55.7 Å². The van der Waals surface area contributed by atoms with Crippen molar-refractivity contribution in [1.82, 2.24) is 10.2 Å². The number of nitrogens with one attached hydrogen (secondary N) is 1. The second-order valence-corrected chi connectivity index (χ2v) is 8.73. The van der Waals surface area contributed by atoms with Gasteiger partial charge in [0, 0.05) is 45.0 Å². The third kappa shape index (κ3) is 4.75. The minimum Gasteiger partial charge on any atom is -0.382 e. The minimum atomic E-state index is -0.234. The molecule has 174 valence electrons. The fourth-order valence-electron chi connectivity index (χ4n) is 4.90. The molecule has 1 aromatic rings. The lowest BCUT2D eigenvalue weighted by atomic mass is 9.95. The van der Waals surface area contributed by atoms with Crippen LogP contribution in [0.15, 0.2) is 18.2 Å². The number of carbonyl (C=O) groups is 3. The molecular formula is C24H34N4O4. The van der Waals surface area contributed by atoms with Crippen molar-refractivity contribution in [2.24, 2.45) is 0 Å². The van der Waals surface area contributed by atoms with Gasteiger partial charge >= 0.3 is 0 Å². The third-order valence-corrected chi connectivity index (χ3v) is 6.56. The molecule has 0 aromatic heterocycles. The molecule has 3 amide bonds. The molecule has 3 aliphatic rings. The normalized spacial score (nSPS) is 20.2. The SMILES string of the molecule is CCOCCCNC(=O)CN1C(=O)C2CCCCN2c2ccc(C(=O)N3CCCC3)cc21. The van der Waals surface area contributed by atoms with Crippen LogP contribution in [0.4, 0.5) is 11.4 Å². The Kier molecular flexibility index (Phi) is 7.29. The molecule has 0 radical (unpaired) electrons. The van der Waals surface area contributed by atoms with Crippen molar-refractivity contribution >= 4 is 29.1 Å². The zero-order chi connectivity index (χ0) is 22.5. The molecular weight excluding hydrogens is 408 g/mol. The Labute approximate surface area is 189 Å². The van der Waals surface area contributed by atoms with E-state index in [-0.39, 0.29) is 30.3 Å². The highest BCUT2D eigenvalue weighted by molar-refractivity contribution is 6.09. The number of likely N-dealkylation sites (tertiary alicyclic amines) is 1. The van der Waals surface area contributed by atoms with Crippen LogP contribution in [-0.4, -0.2) is 74.6 Å². The van der Waals surface area contributed by atoms with Crippen LogP contribution in [0.5, 0.6) is 0 Å². The van der Waals surface area contributed by atoms with Gasteiger partial charge in [0.25, 0.3) is 5.91 Å². The highest BCUT2D eigenvalue weighted by Gasteiger charge is 2.40. The Bertz CT molecular complexity index is 852. The van der Waals surface area contributed by atoms with Crippen molar-refractivity contribution < 1.29 is 19.1 Å². The van der Waals surface area contributed by atoms with E-state index in [4.69, 9.17) is 4.74 Å². The molecule has 32 heavy (non-hydrogen) atoms. The fraction of sp³-hybridized carbons (Fsp3) is 0.625. The van der Waals surface area contributed by atoms with E-state index in [9.17, 15) is 14.4 Å². The highest BCUT2D eigenvalue weighted by Crippen LogP contribution is 2.40. The van der Waals surface area contributed by atoms with Crippen LogP contribution in [0.1, 0.15) is 55.8 Å². The smallest absolute Gasteiger partial charge is 0.253 e. The molecule has 1 atom stereocenters. The standard InChI is InChI=1S/C24H34N4O4/c1-2-32-15-7-11-25-22(29)17-28-21-16-18(23(30)26-12-5-6-13-26)9-10-19(21)27-14-4-3-8-20(27)24(28)31/h9-10,16,20H,2-8,11-15,17H2,1H3,(H,25,29). The molecule has 8 nitrogen and oxygen atoms in total. The van der Waals surface area contributed by atoms with Crippen molar-refractivity contribution in [1.29, 1.82) is 0 Å². The lowest BCUT2D eigenvalue weighted by Crippen LogP contribution is -2.57. The average Bonchev–Trinajstić information content (AvgIpc) is 3.36. The molecule has 1 N–H and O–H groups in total. The lowest BCUT2D eigenvalue weighted by molar-refractivity contribution is -0.125. The van der Waals surface area contributed by atoms with E-state index in [1.165, 1.54) is 0 Å². The zero-order valence-corrected chi connectivity index (χ0v) is 19.0. The summed E-state index contributed by atoms with van der Waals surface area (Å²) in [5.74, 6) is -0.243. The molecule has 1 aromatic carbocycles. The topological polar surface area (TPSA) is 82.2 Å². The van der Waals surface area contributed by atoms with E-state index in [0.29, 0.717) is 31.0 Å². The van der Waals surface area contributed by atoms with E-state index < -0.39 is 0 Å². The molecule has 1 unspecified atom stereocenters. The first-order valence-corrected chi connectivity index (χ1v) is 12.0. The number of benzene rings is 1. The van der Waals surface area contributed by atoms with Gasteiger partial charge < -0.3 is 19.9 Å². The fourth-order valence-corrected chi connectivity index (χ4v) is 4.90. The molecule has 0 saturated carbocycles. The van der Waals surface area contributed by atoms with Crippen molar-refractivity contribution in [2.45, 2.75) is 51.5 Å². The number of carbonyl (C=O) groups excluding carboxylic acids is 3. The first kappa shape index (κ1) is 22.6. The van der Waals surface area contributed by atoms with Gasteiger partial charge in [-0.15, -0.1) is 0 Å². The van der Waals surface area contributed by atoms with Crippen LogP contribution in [-0.2, 0) is 14.3 Å². The number of amides is 3. The lowest BCUT2D eigenvalue weighted by Gasteiger charge is -2.45. The summed E-state index contributed by atoms with van der Waals surface area (Å²) in [6.07, 6.45) is 5.62. The van der Waals surface area contributed by atoms with E-state index in [0.717, 1.165) is 63.8 Å². The number of hydrogen-bond acceptors (Lipinski definition) is 5. The van der Waals surface area contributed by atoms with Gasteiger partial charge in [0.15, 0.2) is 0 Å². The Morgan fingerprint density at radius 3 is 2.66 bits per heavy atom. The quantitative estimate of drug-likeness (QED) is 0.624. The molecule has 3 aliphatic heterocycles. The Balaban J connectivity index is 1.55. The third-order valence-electron chi connectivity index (χ3n) is 6.56. The van der Waals surface area contributed by atoms with Gasteiger partial charge in [-0.25, -0.2) is 0 Å². The van der Waals surface area contributed by atoms with Crippen LogP contribution in [0.2, 0.25) is 0 Å². The van der Waals surface area contributed by atoms with Crippen molar-refractivity contribution in [3.05, 3.63) is 23.8 Å². The van der Waals surface area contributed by atoms with Gasteiger partial charge in [0.1, 0.15) is 12.6 Å². The number of rotatable bonds is 8. The van der Waals surface area contributed by atoms with Gasteiger partial charge in [0.2, 0.25) is 11.8 Å². The maximum absolute atomic E-state index is 13.4. The van der Waals surface area contributed by atoms with E-state index in [1.54, 1.807) is 11.0 Å². The maximum atomic E-state index is 13.4. The Morgan fingerprint density at radius 2 is 1.88 bits per heavy atom. The summed E-state index contributed by atoms with van der Waals surface area (Å²) in [4.78, 5) is 44.6. The number of nitrogens with zero attached hydrogens (tertiary/aromatic N) is 3. The summed E-state index contributed by atoms with van der Waals surface area (Å²) >= 11 is 0. The van der Waals surface area contributed by atoms with Crippen molar-refractivity contribution in [3.8, 4) is 0 Å². The number of ether oxygens (including phenoxy) is 1. The second-order valence-electron chi connectivity index (χ2n) is 8.73. The minimum absolute atomic E-state index is 0.00107. The molecule has 3 heterocycles. The van der Waals surface area contributed by atoms with Crippen LogP contribution >= 0.6 is 0 Å². The Morgan fingerprint density at radius 1 is 1.09 bits per heavy atom. The Hall–Kier alpha value is -2.61. The average molecular weight is 443 g/mol. The second kappa shape index (κ2) is 10.3. The monoisotopic (exact) mass is 442 g/mol. The number of fused-ring (bicyclic) bond motifs is 3. The molecule has 0 aliphatic carbocycles. The van der Waals surface area contributed by atoms with E-state index in [2.05, 4.69) is 10.2 Å². The predicted octanol–water partition coefficient (Wildman–Crippen LogP) is 2.17. The van der Waals surface area contributed by atoms with E-state index >= 15 is 0 Å². The zero-order valence-electron chi connectivity index (χ0n) is 19.0. The van der Waals surface area contributed by atoms with Gasteiger partial charge in [-0.2, -0.15) is 0 Å². The first-order valence-electron chi connectivity index (χ1n) is 12.0. The van der Waals surface area contributed by atoms with Gasteiger partial charge in [0.05, 0.1) is 11.4 Å². The van der Waals surface area contributed by atoms with Crippen LogP contribution in [0, 0.1) is 0 Å². The largest absolute Gasteiger partial charge is 0.382 e. The number of piperidine rings is 1. The molecule has 0 spiro atoms. The summed E-state index contributed by atoms with van der Waals surface area (Å²) in [6.45, 7) is 6.04. The molecule has 4 rings (SSSR count). The molecule has 2 fully saturated rings. The van der Waals surface area contributed by atoms with E-state index in [1.807, 2.05) is 24.0 Å². The van der Waals surface area contributed by atoms with Gasteiger partial charge in [-0.3, -0.25) is 19.3 Å². The summed E-state index contributed by atoms with van der Waals surface area (Å²) < 4.78 is 5.31. The van der Waals surface area contributed by atoms with Crippen LogP contribution in [0.25, 0.3) is 0 Å². The molecule has 2 saturated heterocycles. The molecule has 0 bridgehead atoms. The summed E-state index contributed by atoms with van der Waals surface area (Å²) in [7, 11) is 0. The molecule has 8 heteroatoms. The first-order chi connectivity index (χ1) is 15.6. The summed E-state index contributed by atoms with van der Waals surface area (Å²) in [5, 5.41) is 2.89. The van der Waals surface area contributed by atoms with Crippen molar-refractivity contribution in [3.63, 3.8) is 0 Å². The summed E-state index contributed by atoms with van der Waals surface area (Å²) in [6, 6.07) is 5.40. The number of anilines is 2. The van der Waals surface area contributed by atoms with Gasteiger partial charge in [-0.1, -0.05) is 0 Å². The van der Waals surface area contributed by atoms with Crippen LogP contribution in [0.3, 0.4) is 0 Å². The van der Waals surface area contributed by atoms with Crippen LogP contribution < -0.4 is 15.1 Å². The number of hydrogen-bond donors (Lipinski definition) is 1. The maximum Gasteiger partial charge on any atom is 0.253 e. The highest BCUT2D eigenvalue weighted by atomic mass is 16.5.